The van der Waals surface area contributed by atoms with Gasteiger partial charge in [-0.3, -0.25) is 9.59 Å². The molecular weight excluding hydrogens is 592 g/mol. The number of hydrogen-bond acceptors (Lipinski definition) is 7. The van der Waals surface area contributed by atoms with Gasteiger partial charge in [0.15, 0.2) is 11.5 Å². The summed E-state index contributed by atoms with van der Waals surface area (Å²) in [5.41, 5.74) is 3.14. The van der Waals surface area contributed by atoms with Gasteiger partial charge in [-0.15, -0.1) is 0 Å². The van der Waals surface area contributed by atoms with Gasteiger partial charge in [-0.2, -0.15) is 0 Å². The molecule has 0 bridgehead atoms. The van der Waals surface area contributed by atoms with E-state index in [0.29, 0.717) is 54.6 Å². The van der Waals surface area contributed by atoms with Crippen LogP contribution in [0.15, 0.2) is 109 Å². The van der Waals surface area contributed by atoms with Crippen LogP contribution in [0.2, 0.25) is 0 Å². The topological polar surface area (TPSA) is 88.5 Å². The number of carbonyl (C=O) groups excluding carboxylic acids is 2. The third-order valence-electron chi connectivity index (χ3n) is 8.42. The minimum Gasteiger partial charge on any atom is -0.507 e. The van der Waals surface area contributed by atoms with Gasteiger partial charge in [-0.05, 0) is 79.1 Å². The summed E-state index contributed by atoms with van der Waals surface area (Å²) in [4.78, 5) is 31.0. The van der Waals surface area contributed by atoms with Crippen LogP contribution in [0.3, 0.4) is 0 Å². The minimum atomic E-state index is -0.808. The number of benzene rings is 4. The van der Waals surface area contributed by atoms with Gasteiger partial charge >= 0.3 is 0 Å². The first-order valence-electron chi connectivity index (χ1n) is 16.1. The maximum Gasteiger partial charge on any atom is 0.295 e. The van der Waals surface area contributed by atoms with Crippen molar-refractivity contribution >= 4 is 17.4 Å². The standard InChI is InChI=1S/C39H42N2O6/c1-4-40(5-2)23-12-24-41-36(31-19-22-33(34(25-31)45-3)47-27-29-15-10-7-11-16-29)35(38(43)39(41)44)37(42)30-17-20-32(21-18-30)46-26-28-13-8-6-9-14-28/h6-11,13-22,25,36,42H,4-5,12,23-24,26-27H2,1-3H3/t36-/m0/s1. The molecule has 1 amide bonds. The van der Waals surface area contributed by atoms with E-state index in [1.54, 1.807) is 48.4 Å². The monoisotopic (exact) mass is 634 g/mol. The Kier molecular flexibility index (Phi) is 11.3. The van der Waals surface area contributed by atoms with Gasteiger partial charge in [-0.1, -0.05) is 80.6 Å². The summed E-state index contributed by atoms with van der Waals surface area (Å²) >= 11 is 0. The molecule has 0 unspecified atom stereocenters. The minimum absolute atomic E-state index is 0.0378. The highest BCUT2D eigenvalue weighted by molar-refractivity contribution is 6.46. The molecule has 5 rings (SSSR count). The summed E-state index contributed by atoms with van der Waals surface area (Å²) in [6, 6.07) is 31.1. The number of ketones is 1. The molecule has 1 aliphatic heterocycles. The van der Waals surface area contributed by atoms with E-state index in [1.165, 1.54) is 0 Å². The van der Waals surface area contributed by atoms with Gasteiger partial charge in [0.1, 0.15) is 24.7 Å². The fraction of sp³-hybridized carbons (Fsp3) is 0.282. The van der Waals surface area contributed by atoms with Crippen LogP contribution in [0, 0.1) is 0 Å². The zero-order valence-electron chi connectivity index (χ0n) is 27.2. The lowest BCUT2D eigenvalue weighted by atomic mass is 9.95. The maximum absolute atomic E-state index is 13.6. The summed E-state index contributed by atoms with van der Waals surface area (Å²) in [5.74, 6) is 0.0226. The van der Waals surface area contributed by atoms with Gasteiger partial charge in [0.2, 0.25) is 0 Å². The molecule has 1 N–H and O–H groups in total. The number of carbonyl (C=O) groups is 2. The zero-order chi connectivity index (χ0) is 33.2. The molecule has 1 saturated heterocycles. The number of likely N-dealkylation sites (tertiary alicyclic amines) is 1. The van der Waals surface area contributed by atoms with E-state index in [1.807, 2.05) is 66.7 Å². The van der Waals surface area contributed by atoms with Gasteiger partial charge < -0.3 is 29.1 Å². The molecule has 4 aromatic carbocycles. The summed E-state index contributed by atoms with van der Waals surface area (Å²) in [7, 11) is 1.55. The second kappa shape index (κ2) is 16.0. The maximum atomic E-state index is 13.6. The second-order valence-corrected chi connectivity index (χ2v) is 11.4. The van der Waals surface area contributed by atoms with Crippen molar-refractivity contribution in [1.82, 2.24) is 9.80 Å². The fourth-order valence-corrected chi connectivity index (χ4v) is 5.78. The Morgan fingerprint density at radius 3 is 2.00 bits per heavy atom. The van der Waals surface area contributed by atoms with E-state index in [-0.39, 0.29) is 11.3 Å². The van der Waals surface area contributed by atoms with Crippen LogP contribution in [0.4, 0.5) is 0 Å². The predicted molar refractivity (Wildman–Crippen MR) is 182 cm³/mol. The largest absolute Gasteiger partial charge is 0.507 e. The second-order valence-electron chi connectivity index (χ2n) is 11.4. The van der Waals surface area contributed by atoms with E-state index >= 15 is 0 Å². The number of hydrogen-bond donors (Lipinski definition) is 1. The molecule has 47 heavy (non-hydrogen) atoms. The number of nitrogens with zero attached hydrogens (tertiary/aromatic N) is 2. The Bertz CT molecular complexity index is 1670. The lowest BCUT2D eigenvalue weighted by Crippen LogP contribution is -2.33. The zero-order valence-corrected chi connectivity index (χ0v) is 27.2. The number of rotatable bonds is 15. The van der Waals surface area contributed by atoms with Crippen LogP contribution in [0.5, 0.6) is 17.2 Å². The van der Waals surface area contributed by atoms with Crippen molar-refractivity contribution in [2.24, 2.45) is 0 Å². The van der Waals surface area contributed by atoms with E-state index < -0.39 is 17.7 Å². The fourth-order valence-electron chi connectivity index (χ4n) is 5.78. The van der Waals surface area contributed by atoms with Gasteiger partial charge in [0, 0.05) is 12.1 Å². The first-order chi connectivity index (χ1) is 22.9. The lowest BCUT2D eigenvalue weighted by Gasteiger charge is -2.27. The highest BCUT2D eigenvalue weighted by Crippen LogP contribution is 2.42. The summed E-state index contributed by atoms with van der Waals surface area (Å²) in [5, 5.41) is 11.6. The van der Waals surface area contributed by atoms with E-state index in [2.05, 4.69) is 18.7 Å². The molecule has 1 aliphatic rings. The van der Waals surface area contributed by atoms with Crippen LogP contribution in [0.25, 0.3) is 5.76 Å². The number of amides is 1. The van der Waals surface area contributed by atoms with E-state index in [9.17, 15) is 14.7 Å². The van der Waals surface area contributed by atoms with Crippen molar-refractivity contribution in [3.63, 3.8) is 0 Å². The Hall–Kier alpha value is -5.08. The molecule has 244 valence electrons. The van der Waals surface area contributed by atoms with Crippen molar-refractivity contribution in [2.75, 3.05) is 33.3 Å². The predicted octanol–water partition coefficient (Wildman–Crippen LogP) is 7.01. The smallest absolute Gasteiger partial charge is 0.295 e. The number of ether oxygens (including phenoxy) is 3. The van der Waals surface area contributed by atoms with Gasteiger partial charge in [-0.25, -0.2) is 0 Å². The Morgan fingerprint density at radius 1 is 0.787 bits per heavy atom. The number of Topliss-reactive ketones (excluding diaryl/α,β-unsaturated/α-hetero) is 1. The molecule has 8 heteroatoms. The third kappa shape index (κ3) is 8.02. The molecule has 1 atom stereocenters. The van der Waals surface area contributed by atoms with Gasteiger partial charge in [0.25, 0.3) is 11.7 Å². The van der Waals surface area contributed by atoms with Crippen molar-refractivity contribution in [2.45, 2.75) is 39.5 Å². The Balaban J connectivity index is 1.45. The molecule has 0 aliphatic carbocycles. The molecule has 4 aromatic rings. The average molecular weight is 635 g/mol. The first kappa shape index (κ1) is 33.3. The average Bonchev–Trinajstić information content (AvgIpc) is 3.37. The number of aliphatic hydroxyl groups excluding tert-OH is 1. The summed E-state index contributed by atoms with van der Waals surface area (Å²) < 4.78 is 17.7. The molecule has 0 radical (unpaired) electrons. The van der Waals surface area contributed by atoms with Crippen LogP contribution in [-0.4, -0.2) is 59.9 Å². The van der Waals surface area contributed by atoms with Crippen LogP contribution in [-0.2, 0) is 22.8 Å². The molecule has 1 fully saturated rings. The lowest BCUT2D eigenvalue weighted by molar-refractivity contribution is -0.140. The summed E-state index contributed by atoms with van der Waals surface area (Å²) in [6.45, 7) is 7.87. The molecular formula is C39H42N2O6. The number of methoxy groups -OCH3 is 1. The molecule has 0 aromatic heterocycles. The van der Waals surface area contributed by atoms with Crippen molar-refractivity contribution in [3.8, 4) is 17.2 Å². The van der Waals surface area contributed by atoms with Crippen molar-refractivity contribution in [1.29, 1.82) is 0 Å². The Morgan fingerprint density at radius 2 is 1.40 bits per heavy atom. The van der Waals surface area contributed by atoms with Crippen LogP contribution in [0.1, 0.15) is 48.6 Å². The normalized spacial score (nSPS) is 15.7. The SMILES string of the molecule is CCN(CC)CCCN1C(=O)C(=O)C(=C(O)c2ccc(OCc3ccccc3)cc2)[C@@H]1c1ccc(OCc2ccccc2)c(OC)c1. The summed E-state index contributed by atoms with van der Waals surface area (Å²) in [6.07, 6.45) is 0.675. The number of aliphatic hydroxyl groups is 1. The van der Waals surface area contributed by atoms with Crippen molar-refractivity contribution in [3.05, 3.63) is 131 Å². The van der Waals surface area contributed by atoms with Crippen LogP contribution >= 0.6 is 0 Å². The first-order valence-corrected chi connectivity index (χ1v) is 16.1. The molecule has 1 heterocycles. The highest BCUT2D eigenvalue weighted by Gasteiger charge is 2.46. The highest BCUT2D eigenvalue weighted by atomic mass is 16.5. The quantitative estimate of drug-likeness (QED) is 0.0855. The van der Waals surface area contributed by atoms with E-state index in [0.717, 1.165) is 30.8 Å². The third-order valence-corrected chi connectivity index (χ3v) is 8.42. The van der Waals surface area contributed by atoms with Crippen LogP contribution < -0.4 is 14.2 Å². The van der Waals surface area contributed by atoms with Gasteiger partial charge in [0.05, 0.1) is 18.7 Å². The van der Waals surface area contributed by atoms with E-state index in [4.69, 9.17) is 14.2 Å². The molecule has 0 saturated carbocycles. The van der Waals surface area contributed by atoms with Crippen molar-refractivity contribution < 1.29 is 28.9 Å². The Labute approximate surface area is 276 Å². The molecule has 0 spiro atoms. The molecule has 8 nitrogen and oxygen atoms in total.